The molecular weight excluding hydrogens is 272 g/mol. The molecule has 3 N–H and O–H groups in total. The van der Waals surface area contributed by atoms with Crippen molar-refractivity contribution in [3.63, 3.8) is 0 Å². The number of nitrogens with zero attached hydrogens (tertiary/aromatic N) is 4. The molecule has 0 atom stereocenters. The van der Waals surface area contributed by atoms with E-state index in [0.29, 0.717) is 24.8 Å². The number of thiophene rings is 1. The first kappa shape index (κ1) is 14.5. The number of hydrazine groups is 1. The van der Waals surface area contributed by atoms with Crippen molar-refractivity contribution in [2.75, 3.05) is 23.4 Å². The maximum Gasteiger partial charge on any atom is 0.240 e. The molecule has 106 valence electrons. The Bertz CT molecular complexity index is 615. The molecule has 2 aromatic heterocycles. The molecule has 0 aliphatic rings. The molecule has 0 aromatic carbocycles. The predicted molar refractivity (Wildman–Crippen MR) is 82.5 cm³/mol. The van der Waals surface area contributed by atoms with E-state index in [1.54, 1.807) is 11.3 Å². The van der Waals surface area contributed by atoms with Gasteiger partial charge >= 0.3 is 0 Å². The van der Waals surface area contributed by atoms with E-state index in [0.717, 1.165) is 22.6 Å². The molecule has 0 aliphatic carbocycles. The Labute approximate surface area is 122 Å². The van der Waals surface area contributed by atoms with Gasteiger partial charge in [-0.25, -0.2) is 10.8 Å². The normalized spacial score (nSPS) is 10.8. The predicted octanol–water partition coefficient (Wildman–Crippen LogP) is 2.35. The fraction of sp³-hybridized carbons (Fsp3) is 0.462. The second-order valence-electron chi connectivity index (χ2n) is 4.90. The van der Waals surface area contributed by atoms with Crippen molar-refractivity contribution in [1.82, 2.24) is 9.97 Å². The van der Waals surface area contributed by atoms with E-state index in [1.165, 1.54) is 0 Å². The van der Waals surface area contributed by atoms with E-state index >= 15 is 0 Å². The maximum absolute atomic E-state index is 8.83. The van der Waals surface area contributed by atoms with Crippen LogP contribution in [0, 0.1) is 17.2 Å². The summed E-state index contributed by atoms with van der Waals surface area (Å²) in [4.78, 5) is 11.8. The zero-order valence-electron chi connectivity index (χ0n) is 11.6. The van der Waals surface area contributed by atoms with Crippen LogP contribution in [0.5, 0.6) is 0 Å². The minimum absolute atomic E-state index is 0.403. The lowest BCUT2D eigenvalue weighted by atomic mass is 10.2. The first-order chi connectivity index (χ1) is 9.65. The van der Waals surface area contributed by atoms with Gasteiger partial charge in [-0.15, -0.1) is 11.3 Å². The van der Waals surface area contributed by atoms with Gasteiger partial charge in [-0.2, -0.15) is 10.2 Å². The van der Waals surface area contributed by atoms with Crippen molar-refractivity contribution in [2.24, 2.45) is 11.8 Å². The van der Waals surface area contributed by atoms with E-state index in [9.17, 15) is 0 Å². The van der Waals surface area contributed by atoms with E-state index in [2.05, 4.69) is 40.2 Å². The smallest absolute Gasteiger partial charge is 0.240 e. The zero-order valence-corrected chi connectivity index (χ0v) is 12.4. The summed E-state index contributed by atoms with van der Waals surface area (Å²) < 4.78 is 0. The molecule has 6 nitrogen and oxygen atoms in total. The van der Waals surface area contributed by atoms with E-state index in [-0.39, 0.29) is 0 Å². The largest absolute Gasteiger partial charge is 0.355 e. The van der Waals surface area contributed by atoms with Gasteiger partial charge in [0.1, 0.15) is 10.6 Å². The lowest BCUT2D eigenvalue weighted by Gasteiger charge is -2.25. The number of fused-ring (bicyclic) bond motifs is 1. The lowest BCUT2D eigenvalue weighted by Crippen LogP contribution is -2.30. The third-order valence-electron chi connectivity index (χ3n) is 2.81. The summed E-state index contributed by atoms with van der Waals surface area (Å²) >= 11 is 1.55. The van der Waals surface area contributed by atoms with Crippen LogP contribution < -0.4 is 16.2 Å². The number of nitrogens with one attached hydrogen (secondary N) is 1. The Hall–Kier alpha value is -1.91. The first-order valence-electron chi connectivity index (χ1n) is 6.49. The molecule has 0 bridgehead atoms. The average molecular weight is 290 g/mol. The Kier molecular flexibility index (Phi) is 4.71. The van der Waals surface area contributed by atoms with Crippen LogP contribution in [0.3, 0.4) is 0 Å². The standard InChI is InChI=1S/C13H18N6S/c1-9(2)8-19(6-3-5-14)11-10-4-7-20-12(10)17-13(16-11)18-15/h4,7,9H,3,6,8,15H2,1-2H3,(H,16,17,18). The maximum atomic E-state index is 8.83. The third-order valence-corrected chi connectivity index (χ3v) is 3.62. The molecule has 2 rings (SSSR count). The monoisotopic (exact) mass is 290 g/mol. The van der Waals surface area contributed by atoms with Crippen LogP contribution >= 0.6 is 11.3 Å². The van der Waals surface area contributed by atoms with Gasteiger partial charge in [-0.05, 0) is 17.4 Å². The van der Waals surface area contributed by atoms with Crippen LogP contribution in [0.2, 0.25) is 0 Å². The van der Waals surface area contributed by atoms with Crippen molar-refractivity contribution in [3.05, 3.63) is 11.4 Å². The molecule has 7 heteroatoms. The molecule has 0 radical (unpaired) electrons. The van der Waals surface area contributed by atoms with Gasteiger partial charge in [0, 0.05) is 13.1 Å². The summed E-state index contributed by atoms with van der Waals surface area (Å²) in [7, 11) is 0. The molecule has 0 aliphatic heterocycles. The summed E-state index contributed by atoms with van der Waals surface area (Å²) in [6.07, 6.45) is 0.466. The van der Waals surface area contributed by atoms with Crippen molar-refractivity contribution >= 4 is 33.3 Å². The first-order valence-corrected chi connectivity index (χ1v) is 7.37. The minimum Gasteiger partial charge on any atom is -0.355 e. The van der Waals surface area contributed by atoms with Gasteiger partial charge in [0.25, 0.3) is 0 Å². The summed E-state index contributed by atoms with van der Waals surface area (Å²) in [6.45, 7) is 5.79. The third kappa shape index (κ3) is 3.15. The number of nitrogens with two attached hydrogens (primary N) is 1. The van der Waals surface area contributed by atoms with Crippen LogP contribution in [0.1, 0.15) is 20.3 Å². The Morgan fingerprint density at radius 1 is 1.50 bits per heavy atom. The highest BCUT2D eigenvalue weighted by Gasteiger charge is 2.16. The minimum atomic E-state index is 0.403. The molecular formula is C13H18N6S. The molecule has 0 saturated heterocycles. The van der Waals surface area contributed by atoms with Crippen molar-refractivity contribution in [2.45, 2.75) is 20.3 Å². The number of rotatable bonds is 6. The van der Waals surface area contributed by atoms with Crippen LogP contribution in [0.4, 0.5) is 11.8 Å². The highest BCUT2D eigenvalue weighted by molar-refractivity contribution is 7.16. The molecule has 0 spiro atoms. The molecule has 2 aromatic rings. The molecule has 2 heterocycles. The highest BCUT2D eigenvalue weighted by atomic mass is 32.1. The number of aromatic nitrogens is 2. The summed E-state index contributed by atoms with van der Waals surface area (Å²) in [5.41, 5.74) is 2.51. The topological polar surface area (TPSA) is 90.9 Å². The van der Waals surface area contributed by atoms with E-state index in [1.807, 2.05) is 11.4 Å². The van der Waals surface area contributed by atoms with Crippen LogP contribution in [-0.2, 0) is 0 Å². The highest BCUT2D eigenvalue weighted by Crippen LogP contribution is 2.29. The number of hydrogen-bond donors (Lipinski definition) is 2. The molecule has 0 fully saturated rings. The Morgan fingerprint density at radius 3 is 2.95 bits per heavy atom. The van der Waals surface area contributed by atoms with E-state index in [4.69, 9.17) is 11.1 Å². The zero-order chi connectivity index (χ0) is 14.5. The number of nitrogen functional groups attached to an aromatic ring is 1. The van der Waals surface area contributed by atoms with Crippen molar-refractivity contribution in [3.8, 4) is 6.07 Å². The quantitative estimate of drug-likeness (QED) is 0.627. The fourth-order valence-electron chi connectivity index (χ4n) is 2.05. The average Bonchev–Trinajstić information content (AvgIpc) is 2.90. The molecule has 0 unspecified atom stereocenters. The van der Waals surface area contributed by atoms with Gasteiger partial charge in [-0.3, -0.25) is 5.43 Å². The fourth-order valence-corrected chi connectivity index (χ4v) is 2.81. The number of anilines is 2. The Morgan fingerprint density at radius 2 is 2.30 bits per heavy atom. The summed E-state index contributed by atoms with van der Waals surface area (Å²) in [5, 5.41) is 11.8. The number of nitriles is 1. The van der Waals surface area contributed by atoms with Gasteiger partial charge < -0.3 is 4.90 Å². The lowest BCUT2D eigenvalue weighted by molar-refractivity contribution is 0.609. The van der Waals surface area contributed by atoms with E-state index < -0.39 is 0 Å². The van der Waals surface area contributed by atoms with Crippen molar-refractivity contribution in [1.29, 1.82) is 5.26 Å². The van der Waals surface area contributed by atoms with Crippen LogP contribution in [-0.4, -0.2) is 23.1 Å². The van der Waals surface area contributed by atoms with Crippen LogP contribution in [0.25, 0.3) is 10.2 Å². The van der Waals surface area contributed by atoms with Gasteiger partial charge in [0.2, 0.25) is 5.95 Å². The second-order valence-corrected chi connectivity index (χ2v) is 5.80. The summed E-state index contributed by atoms with van der Waals surface area (Å²) in [6, 6.07) is 4.20. The number of hydrogen-bond acceptors (Lipinski definition) is 7. The molecule has 20 heavy (non-hydrogen) atoms. The summed E-state index contributed by atoms with van der Waals surface area (Å²) in [5.74, 6) is 7.16. The van der Waals surface area contributed by atoms with Crippen molar-refractivity contribution < 1.29 is 0 Å². The Balaban J connectivity index is 2.44. The molecule has 0 amide bonds. The van der Waals surface area contributed by atoms with Crippen LogP contribution in [0.15, 0.2) is 11.4 Å². The SMILES string of the molecule is CC(C)CN(CCC#N)c1nc(NN)nc2sccc12. The van der Waals surface area contributed by atoms with Gasteiger partial charge in [0.15, 0.2) is 0 Å². The molecule has 0 saturated carbocycles. The van der Waals surface area contributed by atoms with Gasteiger partial charge in [-0.1, -0.05) is 13.8 Å². The van der Waals surface area contributed by atoms with Gasteiger partial charge in [0.05, 0.1) is 17.9 Å². The second kappa shape index (κ2) is 6.50.